The van der Waals surface area contributed by atoms with Gasteiger partial charge < -0.3 is 19.5 Å². The Kier molecular flexibility index (Phi) is 9.22. The zero-order valence-corrected chi connectivity index (χ0v) is 22.7. The molecule has 9 nitrogen and oxygen atoms in total. The zero-order chi connectivity index (χ0) is 27.8. The number of carbonyl (C=O) groups excluding carboxylic acids is 3. The number of hydrogen-bond acceptors (Lipinski definition) is 8. The van der Waals surface area contributed by atoms with Gasteiger partial charge in [0.05, 0.1) is 38.6 Å². The summed E-state index contributed by atoms with van der Waals surface area (Å²) in [6, 6.07) is 21.0. The highest BCUT2D eigenvalue weighted by molar-refractivity contribution is 8.15. The highest BCUT2D eigenvalue weighted by Crippen LogP contribution is 2.31. The van der Waals surface area contributed by atoms with Crippen LogP contribution in [-0.4, -0.2) is 53.9 Å². The van der Waals surface area contributed by atoms with E-state index in [1.165, 1.54) is 11.8 Å². The van der Waals surface area contributed by atoms with Crippen molar-refractivity contribution >= 4 is 46.1 Å². The minimum Gasteiger partial charge on any atom is -0.497 e. The second-order valence-electron chi connectivity index (χ2n) is 8.52. The van der Waals surface area contributed by atoms with Crippen LogP contribution >= 0.6 is 11.8 Å². The largest absolute Gasteiger partial charge is 0.497 e. The van der Waals surface area contributed by atoms with E-state index in [1.807, 2.05) is 24.3 Å². The molecule has 1 aliphatic rings. The first-order valence-corrected chi connectivity index (χ1v) is 13.2. The summed E-state index contributed by atoms with van der Waals surface area (Å²) in [5.41, 5.74) is 2.39. The molecule has 2 amide bonds. The number of ether oxygens (including phenoxy) is 3. The molecule has 0 radical (unpaired) electrons. The molecule has 0 spiro atoms. The Hall–Kier alpha value is -4.31. The monoisotopic (exact) mass is 547 g/mol. The fraction of sp³-hybridized carbons (Fsp3) is 0.241. The Balaban J connectivity index is 1.59. The molecule has 0 aliphatic carbocycles. The first-order valence-electron chi connectivity index (χ1n) is 12.3. The smallest absolute Gasteiger partial charge is 0.338 e. The lowest BCUT2D eigenvalue weighted by molar-refractivity contribution is -0.129. The molecule has 1 saturated heterocycles. The average molecular weight is 548 g/mol. The Morgan fingerprint density at radius 3 is 2.38 bits per heavy atom. The van der Waals surface area contributed by atoms with Gasteiger partial charge in [-0.25, -0.2) is 9.79 Å². The van der Waals surface area contributed by atoms with Crippen LogP contribution in [-0.2, 0) is 20.9 Å². The number of benzene rings is 3. The predicted molar refractivity (Wildman–Crippen MR) is 151 cm³/mol. The van der Waals surface area contributed by atoms with E-state index in [-0.39, 0.29) is 31.4 Å². The van der Waals surface area contributed by atoms with Crippen LogP contribution in [0.3, 0.4) is 0 Å². The van der Waals surface area contributed by atoms with Gasteiger partial charge in [0, 0.05) is 18.2 Å². The maximum absolute atomic E-state index is 13.4. The summed E-state index contributed by atoms with van der Waals surface area (Å²) in [5.74, 6) is 0.366. The van der Waals surface area contributed by atoms with Crippen LogP contribution in [0.4, 0.5) is 11.4 Å². The summed E-state index contributed by atoms with van der Waals surface area (Å²) < 4.78 is 15.5. The molecule has 0 saturated carbocycles. The van der Waals surface area contributed by atoms with Gasteiger partial charge in [-0.3, -0.25) is 14.5 Å². The van der Waals surface area contributed by atoms with Crippen molar-refractivity contribution in [3.8, 4) is 11.5 Å². The van der Waals surface area contributed by atoms with Gasteiger partial charge in [-0.2, -0.15) is 0 Å². The lowest BCUT2D eigenvalue weighted by atomic mass is 10.2. The number of thioether (sulfide) groups is 1. The van der Waals surface area contributed by atoms with Crippen LogP contribution in [0.25, 0.3) is 0 Å². The maximum Gasteiger partial charge on any atom is 0.338 e. The molecule has 1 unspecified atom stereocenters. The highest BCUT2D eigenvalue weighted by atomic mass is 32.2. The molecule has 4 rings (SSSR count). The van der Waals surface area contributed by atoms with Crippen molar-refractivity contribution in [2.24, 2.45) is 4.99 Å². The third kappa shape index (κ3) is 7.17. The number of methoxy groups -OCH3 is 2. The highest BCUT2D eigenvalue weighted by Gasteiger charge is 2.36. The fourth-order valence-electron chi connectivity index (χ4n) is 3.83. The second-order valence-corrected chi connectivity index (χ2v) is 9.69. The zero-order valence-electron chi connectivity index (χ0n) is 21.9. The molecule has 3 aromatic carbocycles. The van der Waals surface area contributed by atoms with Crippen LogP contribution in [0.1, 0.15) is 29.3 Å². The normalized spacial score (nSPS) is 16.1. The Bertz CT molecular complexity index is 1360. The van der Waals surface area contributed by atoms with E-state index in [0.29, 0.717) is 33.6 Å². The van der Waals surface area contributed by atoms with Gasteiger partial charge in [-0.1, -0.05) is 30.0 Å². The standard InChI is InChI=1S/C29H29N3O6S/c1-4-38-28(35)20-10-12-21(13-11-20)31-29-32(18-19-8-14-23(36-2)15-9-19)26(33)17-25(39-29)27(34)30-22-6-5-7-24(16-22)37-3/h5-16,25H,4,17-18H2,1-3H3,(H,30,34). The van der Waals surface area contributed by atoms with Crippen molar-refractivity contribution in [2.75, 3.05) is 26.1 Å². The molecule has 1 atom stereocenters. The predicted octanol–water partition coefficient (Wildman–Crippen LogP) is 5.04. The quantitative estimate of drug-likeness (QED) is 0.374. The van der Waals surface area contributed by atoms with Gasteiger partial charge in [0.2, 0.25) is 11.8 Å². The third-order valence-electron chi connectivity index (χ3n) is 5.87. The van der Waals surface area contributed by atoms with Crippen LogP contribution in [0.2, 0.25) is 0 Å². The van der Waals surface area contributed by atoms with Gasteiger partial charge in [0.1, 0.15) is 16.7 Å². The van der Waals surface area contributed by atoms with E-state index in [9.17, 15) is 14.4 Å². The van der Waals surface area contributed by atoms with E-state index < -0.39 is 11.2 Å². The Labute approximate surface area is 231 Å². The number of rotatable bonds is 9. The van der Waals surface area contributed by atoms with Gasteiger partial charge in [-0.15, -0.1) is 0 Å². The number of amides is 2. The number of anilines is 1. The number of esters is 1. The first-order chi connectivity index (χ1) is 18.9. The topological polar surface area (TPSA) is 107 Å². The number of carbonyl (C=O) groups is 3. The molecule has 202 valence electrons. The SMILES string of the molecule is CCOC(=O)c1ccc(N=C2SC(C(=O)Nc3cccc(OC)c3)CC(=O)N2Cc2ccc(OC)cc2)cc1. The molecule has 0 aromatic heterocycles. The number of nitrogens with zero attached hydrogens (tertiary/aromatic N) is 2. The Morgan fingerprint density at radius 1 is 1.00 bits per heavy atom. The molecule has 39 heavy (non-hydrogen) atoms. The van der Waals surface area contributed by atoms with Gasteiger partial charge in [-0.05, 0) is 61.0 Å². The van der Waals surface area contributed by atoms with E-state index in [2.05, 4.69) is 5.32 Å². The number of nitrogens with one attached hydrogen (secondary N) is 1. The molecular weight excluding hydrogens is 518 g/mol. The van der Waals surface area contributed by atoms with Crippen molar-refractivity contribution in [1.82, 2.24) is 4.90 Å². The van der Waals surface area contributed by atoms with Gasteiger partial charge in [0.15, 0.2) is 5.17 Å². The van der Waals surface area contributed by atoms with Crippen LogP contribution < -0.4 is 14.8 Å². The van der Waals surface area contributed by atoms with Crippen LogP contribution in [0, 0.1) is 0 Å². The summed E-state index contributed by atoms with van der Waals surface area (Å²) >= 11 is 1.22. The second kappa shape index (κ2) is 13.0. The Morgan fingerprint density at radius 2 is 1.72 bits per heavy atom. The van der Waals surface area contributed by atoms with E-state index in [1.54, 1.807) is 74.6 Å². The molecule has 1 heterocycles. The molecular formula is C29H29N3O6S. The van der Waals surface area contributed by atoms with Crippen molar-refractivity contribution in [2.45, 2.75) is 25.1 Å². The van der Waals surface area contributed by atoms with E-state index in [4.69, 9.17) is 19.2 Å². The summed E-state index contributed by atoms with van der Waals surface area (Å²) in [4.78, 5) is 44.8. The lowest BCUT2D eigenvalue weighted by Gasteiger charge is -2.32. The summed E-state index contributed by atoms with van der Waals surface area (Å²) in [6.07, 6.45) is 0.0113. The van der Waals surface area contributed by atoms with Crippen LogP contribution in [0.5, 0.6) is 11.5 Å². The minimum atomic E-state index is -0.687. The number of aliphatic imine (C=N–C) groups is 1. The van der Waals surface area contributed by atoms with E-state index in [0.717, 1.165) is 5.56 Å². The summed E-state index contributed by atoms with van der Waals surface area (Å²) in [5, 5.41) is 2.57. The summed E-state index contributed by atoms with van der Waals surface area (Å²) in [7, 11) is 3.14. The fourth-order valence-corrected chi connectivity index (χ4v) is 4.93. The average Bonchev–Trinajstić information content (AvgIpc) is 2.95. The molecule has 10 heteroatoms. The van der Waals surface area contributed by atoms with Crippen molar-refractivity contribution in [1.29, 1.82) is 0 Å². The van der Waals surface area contributed by atoms with Gasteiger partial charge >= 0.3 is 5.97 Å². The molecule has 3 aromatic rings. The minimum absolute atomic E-state index is 0.0113. The maximum atomic E-state index is 13.4. The molecule has 1 aliphatic heterocycles. The molecule has 0 bridgehead atoms. The van der Waals surface area contributed by atoms with E-state index >= 15 is 0 Å². The molecule has 1 N–H and O–H groups in total. The first kappa shape index (κ1) is 27.7. The number of hydrogen-bond donors (Lipinski definition) is 1. The lowest BCUT2D eigenvalue weighted by Crippen LogP contribution is -2.44. The number of amidine groups is 1. The summed E-state index contributed by atoms with van der Waals surface area (Å²) in [6.45, 7) is 2.30. The third-order valence-corrected chi connectivity index (χ3v) is 7.06. The van der Waals surface area contributed by atoms with Crippen molar-refractivity contribution in [3.63, 3.8) is 0 Å². The molecule has 1 fully saturated rings. The van der Waals surface area contributed by atoms with Crippen molar-refractivity contribution < 1.29 is 28.6 Å². The van der Waals surface area contributed by atoms with Gasteiger partial charge in [0.25, 0.3) is 0 Å². The van der Waals surface area contributed by atoms with Crippen molar-refractivity contribution in [3.05, 3.63) is 83.9 Å². The van der Waals surface area contributed by atoms with Crippen LogP contribution in [0.15, 0.2) is 77.8 Å².